The minimum Gasteiger partial charge on any atom is -0.480 e. The number of rotatable bonds is 4. The Morgan fingerprint density at radius 1 is 1.61 bits per heavy atom. The fourth-order valence-corrected chi connectivity index (χ4v) is 2.11. The fraction of sp³-hybridized carbons (Fsp3) is 0.538. The van der Waals surface area contributed by atoms with E-state index in [1.54, 1.807) is 0 Å². The van der Waals surface area contributed by atoms with Crippen molar-refractivity contribution < 1.29 is 9.90 Å². The van der Waals surface area contributed by atoms with Crippen LogP contribution in [-0.4, -0.2) is 46.6 Å². The van der Waals surface area contributed by atoms with E-state index < -0.39 is 12.0 Å². The number of aryl methyl sites for hydroxylation is 1. The van der Waals surface area contributed by atoms with E-state index in [0.29, 0.717) is 13.1 Å². The zero-order chi connectivity index (χ0) is 13.0. The number of carboxylic acid groups (broad SMARTS) is 1. The lowest BCUT2D eigenvalue weighted by Crippen LogP contribution is -2.53. The van der Waals surface area contributed by atoms with Crippen LogP contribution < -0.4 is 5.32 Å². The maximum Gasteiger partial charge on any atom is 0.322 e. The van der Waals surface area contributed by atoms with Gasteiger partial charge < -0.3 is 10.4 Å². The summed E-state index contributed by atoms with van der Waals surface area (Å²) in [6.45, 7) is 4.93. The van der Waals surface area contributed by atoms with Crippen molar-refractivity contribution in [1.82, 2.24) is 15.2 Å². The lowest BCUT2D eigenvalue weighted by Gasteiger charge is -2.31. The van der Waals surface area contributed by atoms with Gasteiger partial charge >= 0.3 is 5.97 Å². The maximum atomic E-state index is 10.9. The van der Waals surface area contributed by atoms with Gasteiger partial charge in [0.25, 0.3) is 0 Å². The Bertz CT molecular complexity index is 405. The van der Waals surface area contributed by atoms with Crippen molar-refractivity contribution in [2.75, 3.05) is 19.6 Å². The standard InChI is InChI=1S/C13H19N3O2/c1-2-10-3-4-11(15-7-10)8-16-6-5-14-12(9-16)13(17)18/h3-4,7,12,14H,2,5-6,8-9H2,1H3,(H,17,18). The maximum absolute atomic E-state index is 10.9. The van der Waals surface area contributed by atoms with Crippen molar-refractivity contribution in [2.45, 2.75) is 25.9 Å². The van der Waals surface area contributed by atoms with Crippen molar-refractivity contribution in [3.8, 4) is 0 Å². The van der Waals surface area contributed by atoms with Gasteiger partial charge in [0.1, 0.15) is 6.04 Å². The lowest BCUT2D eigenvalue weighted by atomic mass is 10.2. The summed E-state index contributed by atoms with van der Waals surface area (Å²) in [5.74, 6) is -0.783. The van der Waals surface area contributed by atoms with Gasteiger partial charge in [-0.2, -0.15) is 0 Å². The van der Waals surface area contributed by atoms with E-state index in [2.05, 4.69) is 28.2 Å². The molecule has 5 heteroatoms. The third kappa shape index (κ3) is 3.27. The van der Waals surface area contributed by atoms with Crippen LogP contribution in [0.5, 0.6) is 0 Å². The van der Waals surface area contributed by atoms with Crippen molar-refractivity contribution in [3.63, 3.8) is 0 Å². The van der Waals surface area contributed by atoms with Crippen molar-refractivity contribution in [3.05, 3.63) is 29.6 Å². The molecule has 0 aliphatic carbocycles. The molecule has 0 radical (unpaired) electrons. The zero-order valence-electron chi connectivity index (χ0n) is 10.6. The van der Waals surface area contributed by atoms with E-state index in [1.165, 1.54) is 5.56 Å². The van der Waals surface area contributed by atoms with Crippen molar-refractivity contribution in [2.24, 2.45) is 0 Å². The Hall–Kier alpha value is -1.46. The van der Waals surface area contributed by atoms with Gasteiger partial charge in [-0.25, -0.2) is 0 Å². The second-order valence-corrected chi connectivity index (χ2v) is 4.59. The highest BCUT2D eigenvalue weighted by atomic mass is 16.4. The van der Waals surface area contributed by atoms with Crippen LogP contribution in [0.4, 0.5) is 0 Å². The van der Waals surface area contributed by atoms with E-state index in [0.717, 1.165) is 25.2 Å². The Kier molecular flexibility index (Phi) is 4.28. The smallest absolute Gasteiger partial charge is 0.322 e. The molecule has 2 rings (SSSR count). The highest BCUT2D eigenvalue weighted by molar-refractivity contribution is 5.73. The third-order valence-corrected chi connectivity index (χ3v) is 3.24. The number of nitrogens with zero attached hydrogens (tertiary/aromatic N) is 2. The second kappa shape index (κ2) is 5.93. The number of carboxylic acids is 1. The molecule has 0 bridgehead atoms. The average Bonchev–Trinajstić information content (AvgIpc) is 2.40. The number of piperazine rings is 1. The molecule has 1 atom stereocenters. The molecule has 0 amide bonds. The van der Waals surface area contributed by atoms with Gasteiger partial charge in [-0.1, -0.05) is 13.0 Å². The van der Waals surface area contributed by atoms with Crippen LogP contribution in [0.1, 0.15) is 18.2 Å². The topological polar surface area (TPSA) is 65.5 Å². The minimum atomic E-state index is -0.783. The number of pyridine rings is 1. The zero-order valence-corrected chi connectivity index (χ0v) is 10.6. The molecule has 5 nitrogen and oxygen atoms in total. The Morgan fingerprint density at radius 2 is 2.44 bits per heavy atom. The van der Waals surface area contributed by atoms with E-state index in [-0.39, 0.29) is 0 Å². The van der Waals surface area contributed by atoms with Crippen LogP contribution in [0.3, 0.4) is 0 Å². The fourth-order valence-electron chi connectivity index (χ4n) is 2.11. The van der Waals surface area contributed by atoms with Gasteiger partial charge in [-0.05, 0) is 18.1 Å². The minimum absolute atomic E-state index is 0.464. The first-order valence-electron chi connectivity index (χ1n) is 6.31. The molecule has 2 N–H and O–H groups in total. The normalized spacial score (nSPS) is 20.8. The summed E-state index contributed by atoms with van der Waals surface area (Å²) in [6, 6.07) is 3.64. The first-order chi connectivity index (χ1) is 8.69. The van der Waals surface area contributed by atoms with Gasteiger partial charge in [-0.15, -0.1) is 0 Å². The SMILES string of the molecule is CCc1ccc(CN2CCNC(C(=O)O)C2)nc1. The van der Waals surface area contributed by atoms with Gasteiger partial charge in [0, 0.05) is 32.4 Å². The lowest BCUT2D eigenvalue weighted by molar-refractivity contribution is -0.140. The molecule has 0 saturated carbocycles. The molecule has 1 aliphatic heterocycles. The molecule has 18 heavy (non-hydrogen) atoms. The molecule has 1 aromatic heterocycles. The first-order valence-corrected chi connectivity index (χ1v) is 6.31. The van der Waals surface area contributed by atoms with Crippen LogP contribution in [-0.2, 0) is 17.8 Å². The largest absolute Gasteiger partial charge is 0.480 e. The predicted octanol–water partition coefficient (Wildman–Crippen LogP) is 0.502. The molecule has 2 heterocycles. The quantitative estimate of drug-likeness (QED) is 0.813. The van der Waals surface area contributed by atoms with E-state index in [4.69, 9.17) is 5.11 Å². The van der Waals surface area contributed by atoms with E-state index >= 15 is 0 Å². The van der Waals surface area contributed by atoms with Crippen molar-refractivity contribution >= 4 is 5.97 Å². The first kappa shape index (κ1) is 13.0. The second-order valence-electron chi connectivity index (χ2n) is 4.59. The molecular weight excluding hydrogens is 230 g/mol. The van der Waals surface area contributed by atoms with Crippen LogP contribution >= 0.6 is 0 Å². The number of nitrogens with one attached hydrogen (secondary N) is 1. The van der Waals surface area contributed by atoms with E-state index in [9.17, 15) is 4.79 Å². The third-order valence-electron chi connectivity index (χ3n) is 3.24. The number of carbonyl (C=O) groups is 1. The molecule has 1 saturated heterocycles. The summed E-state index contributed by atoms with van der Waals surface area (Å²) >= 11 is 0. The highest BCUT2D eigenvalue weighted by Crippen LogP contribution is 2.07. The summed E-state index contributed by atoms with van der Waals surface area (Å²) in [5, 5.41) is 12.0. The monoisotopic (exact) mass is 249 g/mol. The summed E-state index contributed by atoms with van der Waals surface area (Å²) in [4.78, 5) is 17.5. The molecule has 0 spiro atoms. The number of hydrogen-bond acceptors (Lipinski definition) is 4. The van der Waals surface area contributed by atoms with Crippen LogP contribution in [0.2, 0.25) is 0 Å². The molecule has 1 fully saturated rings. The summed E-state index contributed by atoms with van der Waals surface area (Å²) in [7, 11) is 0. The van der Waals surface area contributed by atoms with Crippen molar-refractivity contribution in [1.29, 1.82) is 0 Å². The number of hydrogen-bond donors (Lipinski definition) is 2. The summed E-state index contributed by atoms with van der Waals surface area (Å²) < 4.78 is 0. The molecule has 1 unspecified atom stereocenters. The Balaban J connectivity index is 1.93. The van der Waals surface area contributed by atoms with Gasteiger partial charge in [0.15, 0.2) is 0 Å². The molecular formula is C13H19N3O2. The molecule has 1 aliphatic rings. The Labute approximate surface area is 107 Å². The van der Waals surface area contributed by atoms with Crippen LogP contribution in [0, 0.1) is 0 Å². The molecule has 1 aromatic rings. The van der Waals surface area contributed by atoms with Crippen LogP contribution in [0.25, 0.3) is 0 Å². The Morgan fingerprint density at radius 3 is 3.06 bits per heavy atom. The van der Waals surface area contributed by atoms with Gasteiger partial charge in [-0.3, -0.25) is 14.7 Å². The average molecular weight is 249 g/mol. The summed E-state index contributed by atoms with van der Waals surface area (Å²) in [5.41, 5.74) is 2.22. The van der Waals surface area contributed by atoms with Gasteiger partial charge in [0.2, 0.25) is 0 Å². The number of aliphatic carboxylic acids is 1. The number of aromatic nitrogens is 1. The molecule has 0 aromatic carbocycles. The van der Waals surface area contributed by atoms with E-state index in [1.807, 2.05) is 12.3 Å². The molecule has 98 valence electrons. The van der Waals surface area contributed by atoms with Crippen LogP contribution in [0.15, 0.2) is 18.3 Å². The summed E-state index contributed by atoms with van der Waals surface area (Å²) in [6.07, 6.45) is 2.88. The van der Waals surface area contributed by atoms with Gasteiger partial charge in [0.05, 0.1) is 5.69 Å². The highest BCUT2D eigenvalue weighted by Gasteiger charge is 2.24. The predicted molar refractivity (Wildman–Crippen MR) is 68.3 cm³/mol.